The molecule has 2 aromatic carbocycles. The summed E-state index contributed by atoms with van der Waals surface area (Å²) in [7, 11) is 4.76. The standard InChI is InChI=1S/C22H26N4O3/c1-6-26(17-10-8-7-9-11-17)21-14-20(23-15(2)24-21)25-16-12-18(27-3)22(29-5)19(13-16)28-4/h7-14H,6H2,1-5H3,(H,23,24,25). The second-order valence-electron chi connectivity index (χ2n) is 6.28. The van der Waals surface area contributed by atoms with Crippen LogP contribution < -0.4 is 24.4 Å². The van der Waals surface area contributed by atoms with E-state index in [0.717, 1.165) is 23.7 Å². The summed E-state index contributed by atoms with van der Waals surface area (Å²) >= 11 is 0. The maximum atomic E-state index is 5.43. The van der Waals surface area contributed by atoms with E-state index in [0.29, 0.717) is 28.9 Å². The number of rotatable bonds is 8. The van der Waals surface area contributed by atoms with Crippen molar-refractivity contribution in [1.29, 1.82) is 0 Å². The van der Waals surface area contributed by atoms with Gasteiger partial charge in [-0.05, 0) is 26.0 Å². The lowest BCUT2D eigenvalue weighted by atomic mass is 10.2. The zero-order valence-corrected chi connectivity index (χ0v) is 17.4. The summed E-state index contributed by atoms with van der Waals surface area (Å²) in [6.07, 6.45) is 0. The number of nitrogens with zero attached hydrogens (tertiary/aromatic N) is 3. The lowest BCUT2D eigenvalue weighted by Crippen LogP contribution is -2.18. The van der Waals surface area contributed by atoms with E-state index in [1.807, 2.05) is 43.3 Å². The second-order valence-corrected chi connectivity index (χ2v) is 6.28. The molecule has 0 spiro atoms. The topological polar surface area (TPSA) is 68.7 Å². The van der Waals surface area contributed by atoms with Crippen LogP contribution in [0.3, 0.4) is 0 Å². The van der Waals surface area contributed by atoms with Gasteiger partial charge in [0.2, 0.25) is 5.75 Å². The molecule has 3 rings (SSSR count). The fraction of sp³-hybridized carbons (Fsp3) is 0.273. The molecule has 29 heavy (non-hydrogen) atoms. The maximum Gasteiger partial charge on any atom is 0.203 e. The number of ether oxygens (including phenoxy) is 3. The minimum Gasteiger partial charge on any atom is -0.493 e. The first-order chi connectivity index (χ1) is 14.1. The van der Waals surface area contributed by atoms with E-state index < -0.39 is 0 Å². The highest BCUT2D eigenvalue weighted by Gasteiger charge is 2.15. The highest BCUT2D eigenvalue weighted by Crippen LogP contribution is 2.40. The predicted octanol–water partition coefficient (Wildman–Crippen LogP) is 4.71. The van der Waals surface area contributed by atoms with Crippen molar-refractivity contribution < 1.29 is 14.2 Å². The molecule has 1 aromatic heterocycles. The SMILES string of the molecule is CCN(c1ccccc1)c1cc(Nc2cc(OC)c(OC)c(OC)c2)nc(C)n1. The Morgan fingerprint density at radius 2 is 1.55 bits per heavy atom. The third kappa shape index (κ3) is 4.51. The van der Waals surface area contributed by atoms with Crippen molar-refractivity contribution in [3.63, 3.8) is 0 Å². The van der Waals surface area contributed by atoms with Crippen molar-refractivity contribution >= 4 is 23.0 Å². The lowest BCUT2D eigenvalue weighted by molar-refractivity contribution is 0.324. The van der Waals surface area contributed by atoms with Crippen molar-refractivity contribution in [2.45, 2.75) is 13.8 Å². The number of nitrogens with one attached hydrogen (secondary N) is 1. The summed E-state index contributed by atoms with van der Waals surface area (Å²) in [5.74, 6) is 3.85. The third-order valence-electron chi connectivity index (χ3n) is 4.42. The molecule has 1 N–H and O–H groups in total. The van der Waals surface area contributed by atoms with Crippen LogP contribution in [0.1, 0.15) is 12.7 Å². The number of hydrogen-bond donors (Lipinski definition) is 1. The molecule has 0 aliphatic carbocycles. The summed E-state index contributed by atoms with van der Waals surface area (Å²) in [5.41, 5.74) is 1.85. The molecule has 0 atom stereocenters. The van der Waals surface area contributed by atoms with E-state index in [9.17, 15) is 0 Å². The molecule has 0 amide bonds. The summed E-state index contributed by atoms with van der Waals surface area (Å²) in [4.78, 5) is 11.3. The van der Waals surface area contributed by atoms with E-state index in [1.165, 1.54) is 0 Å². The van der Waals surface area contributed by atoms with Gasteiger partial charge in [-0.1, -0.05) is 18.2 Å². The first-order valence-corrected chi connectivity index (χ1v) is 9.34. The minimum absolute atomic E-state index is 0.543. The predicted molar refractivity (Wildman–Crippen MR) is 115 cm³/mol. The molecule has 152 valence electrons. The Hall–Kier alpha value is -3.48. The van der Waals surface area contributed by atoms with Gasteiger partial charge in [0, 0.05) is 36.1 Å². The molecule has 0 saturated carbocycles. The highest BCUT2D eigenvalue weighted by molar-refractivity contribution is 5.69. The van der Waals surface area contributed by atoms with Gasteiger partial charge in [-0.2, -0.15) is 0 Å². The van der Waals surface area contributed by atoms with Gasteiger partial charge in [0.15, 0.2) is 11.5 Å². The van der Waals surface area contributed by atoms with Crippen molar-refractivity contribution in [2.24, 2.45) is 0 Å². The Labute approximate surface area is 171 Å². The van der Waals surface area contributed by atoms with Crippen LogP contribution in [0.2, 0.25) is 0 Å². The van der Waals surface area contributed by atoms with Gasteiger partial charge in [-0.25, -0.2) is 9.97 Å². The quantitative estimate of drug-likeness (QED) is 0.593. The summed E-state index contributed by atoms with van der Waals surface area (Å²) in [6, 6.07) is 15.8. The zero-order chi connectivity index (χ0) is 20.8. The van der Waals surface area contributed by atoms with Crippen LogP contribution in [0, 0.1) is 6.92 Å². The Morgan fingerprint density at radius 1 is 0.897 bits per heavy atom. The Balaban J connectivity index is 1.97. The first kappa shape index (κ1) is 20.3. The van der Waals surface area contributed by atoms with E-state index >= 15 is 0 Å². The normalized spacial score (nSPS) is 10.4. The van der Waals surface area contributed by atoms with Crippen LogP contribution in [-0.4, -0.2) is 37.8 Å². The number of aromatic nitrogens is 2. The number of hydrogen-bond acceptors (Lipinski definition) is 7. The number of anilines is 4. The van der Waals surface area contributed by atoms with Gasteiger partial charge >= 0.3 is 0 Å². The molecule has 1 heterocycles. The Morgan fingerprint density at radius 3 is 2.10 bits per heavy atom. The largest absolute Gasteiger partial charge is 0.493 e. The molecule has 3 aromatic rings. The Kier molecular flexibility index (Phi) is 6.39. The summed E-state index contributed by atoms with van der Waals surface area (Å²) in [5, 5.41) is 3.32. The van der Waals surface area contributed by atoms with Crippen LogP contribution in [-0.2, 0) is 0 Å². The van der Waals surface area contributed by atoms with Crippen molar-refractivity contribution in [3.05, 3.63) is 54.4 Å². The molecule has 7 nitrogen and oxygen atoms in total. The average molecular weight is 394 g/mol. The van der Waals surface area contributed by atoms with Crippen molar-refractivity contribution in [1.82, 2.24) is 9.97 Å². The van der Waals surface area contributed by atoms with Crippen LogP contribution in [0.15, 0.2) is 48.5 Å². The molecule has 0 aliphatic heterocycles. The summed E-state index contributed by atoms with van der Waals surface area (Å²) in [6.45, 7) is 4.75. The molecule has 0 unspecified atom stereocenters. The van der Waals surface area contributed by atoms with Gasteiger partial charge in [0.1, 0.15) is 17.5 Å². The van der Waals surface area contributed by atoms with Crippen LogP contribution in [0.5, 0.6) is 17.2 Å². The van der Waals surface area contributed by atoms with Crippen molar-refractivity contribution in [3.8, 4) is 17.2 Å². The fourth-order valence-corrected chi connectivity index (χ4v) is 3.14. The monoisotopic (exact) mass is 394 g/mol. The lowest BCUT2D eigenvalue weighted by Gasteiger charge is -2.23. The molecule has 0 radical (unpaired) electrons. The number of methoxy groups -OCH3 is 3. The van der Waals surface area contributed by atoms with Gasteiger partial charge in [-0.15, -0.1) is 0 Å². The summed E-state index contributed by atoms with van der Waals surface area (Å²) < 4.78 is 16.3. The van der Waals surface area contributed by atoms with E-state index in [2.05, 4.69) is 39.2 Å². The first-order valence-electron chi connectivity index (χ1n) is 9.34. The molecule has 0 fully saturated rings. The number of benzene rings is 2. The van der Waals surface area contributed by atoms with Crippen LogP contribution in [0.4, 0.5) is 23.0 Å². The fourth-order valence-electron chi connectivity index (χ4n) is 3.14. The van der Waals surface area contributed by atoms with Gasteiger partial charge in [0.05, 0.1) is 21.3 Å². The molecule has 7 heteroatoms. The van der Waals surface area contributed by atoms with E-state index in [-0.39, 0.29) is 0 Å². The maximum absolute atomic E-state index is 5.43. The van der Waals surface area contributed by atoms with Crippen LogP contribution in [0.25, 0.3) is 0 Å². The second kappa shape index (κ2) is 9.14. The zero-order valence-electron chi connectivity index (χ0n) is 17.4. The third-order valence-corrected chi connectivity index (χ3v) is 4.42. The molecule has 0 saturated heterocycles. The van der Waals surface area contributed by atoms with Gasteiger partial charge in [0.25, 0.3) is 0 Å². The number of aryl methyl sites for hydroxylation is 1. The Bertz CT molecular complexity index is 939. The molecular formula is C22H26N4O3. The molecular weight excluding hydrogens is 368 g/mol. The van der Waals surface area contributed by atoms with Gasteiger partial charge < -0.3 is 24.4 Å². The minimum atomic E-state index is 0.543. The van der Waals surface area contributed by atoms with E-state index in [4.69, 9.17) is 14.2 Å². The molecule has 0 aliphatic rings. The van der Waals surface area contributed by atoms with Crippen molar-refractivity contribution in [2.75, 3.05) is 38.1 Å². The van der Waals surface area contributed by atoms with E-state index in [1.54, 1.807) is 21.3 Å². The number of para-hydroxylation sites is 1. The molecule has 0 bridgehead atoms. The van der Waals surface area contributed by atoms with Crippen LogP contribution >= 0.6 is 0 Å². The van der Waals surface area contributed by atoms with Gasteiger partial charge in [-0.3, -0.25) is 0 Å². The highest BCUT2D eigenvalue weighted by atomic mass is 16.5. The smallest absolute Gasteiger partial charge is 0.203 e. The average Bonchev–Trinajstić information content (AvgIpc) is 2.74.